The van der Waals surface area contributed by atoms with Crippen molar-refractivity contribution in [2.75, 3.05) is 14.2 Å². The molecule has 2 aromatic carbocycles. The molecular formula is C16H14ClN3O2S. The first-order valence-electron chi connectivity index (χ1n) is 6.79. The molecule has 23 heavy (non-hydrogen) atoms. The van der Waals surface area contributed by atoms with Crippen LogP contribution in [0.4, 0.5) is 0 Å². The number of aromatic amines is 1. The van der Waals surface area contributed by atoms with Gasteiger partial charge in [-0.1, -0.05) is 11.6 Å². The lowest BCUT2D eigenvalue weighted by atomic mass is 10.2. The van der Waals surface area contributed by atoms with E-state index in [1.807, 2.05) is 41.0 Å². The maximum atomic E-state index is 5.96. The summed E-state index contributed by atoms with van der Waals surface area (Å²) in [5.41, 5.74) is 1.69. The average molecular weight is 348 g/mol. The van der Waals surface area contributed by atoms with Crippen LogP contribution in [0.3, 0.4) is 0 Å². The van der Waals surface area contributed by atoms with Crippen LogP contribution in [0.25, 0.3) is 17.1 Å². The highest BCUT2D eigenvalue weighted by Crippen LogP contribution is 2.30. The van der Waals surface area contributed by atoms with Gasteiger partial charge in [0.2, 0.25) is 0 Å². The van der Waals surface area contributed by atoms with Crippen LogP contribution in [0.1, 0.15) is 0 Å². The fraction of sp³-hybridized carbons (Fsp3) is 0.125. The van der Waals surface area contributed by atoms with Crippen molar-refractivity contribution >= 4 is 23.8 Å². The summed E-state index contributed by atoms with van der Waals surface area (Å²) in [6.45, 7) is 0. The molecule has 5 nitrogen and oxygen atoms in total. The molecule has 0 spiro atoms. The molecule has 0 unspecified atom stereocenters. The van der Waals surface area contributed by atoms with Crippen LogP contribution in [-0.4, -0.2) is 29.0 Å². The Bertz CT molecular complexity index is 865. The lowest BCUT2D eigenvalue weighted by Gasteiger charge is -2.10. The van der Waals surface area contributed by atoms with E-state index in [0.717, 1.165) is 11.3 Å². The van der Waals surface area contributed by atoms with Gasteiger partial charge >= 0.3 is 0 Å². The predicted octanol–water partition coefficient (Wildman–Crippen LogP) is 4.27. The Morgan fingerprint density at radius 3 is 2.22 bits per heavy atom. The minimum absolute atomic E-state index is 0.490. The molecule has 0 bridgehead atoms. The van der Waals surface area contributed by atoms with Gasteiger partial charge in [0.25, 0.3) is 0 Å². The molecule has 3 aromatic rings. The van der Waals surface area contributed by atoms with E-state index in [9.17, 15) is 0 Å². The molecule has 0 saturated heterocycles. The predicted molar refractivity (Wildman–Crippen MR) is 92.3 cm³/mol. The lowest BCUT2D eigenvalue weighted by Crippen LogP contribution is -1.98. The minimum Gasteiger partial charge on any atom is -0.497 e. The van der Waals surface area contributed by atoms with Crippen LogP contribution in [0.15, 0.2) is 42.5 Å². The van der Waals surface area contributed by atoms with E-state index in [1.165, 1.54) is 0 Å². The summed E-state index contributed by atoms with van der Waals surface area (Å²) in [5.74, 6) is 2.02. The minimum atomic E-state index is 0.490. The van der Waals surface area contributed by atoms with Crippen molar-refractivity contribution < 1.29 is 9.47 Å². The Labute approximate surface area is 143 Å². The molecule has 0 amide bonds. The summed E-state index contributed by atoms with van der Waals surface area (Å²) in [4.78, 5) is 0. The third-order valence-corrected chi connectivity index (χ3v) is 3.89. The fourth-order valence-electron chi connectivity index (χ4n) is 2.26. The second kappa shape index (κ2) is 6.44. The van der Waals surface area contributed by atoms with Crippen LogP contribution < -0.4 is 9.47 Å². The first-order chi connectivity index (χ1) is 11.1. The summed E-state index contributed by atoms with van der Waals surface area (Å²) in [7, 11) is 3.21. The number of H-pyrrole nitrogens is 1. The van der Waals surface area contributed by atoms with Crippen LogP contribution in [0, 0.1) is 4.77 Å². The highest BCUT2D eigenvalue weighted by atomic mass is 35.5. The van der Waals surface area contributed by atoms with E-state index in [-0.39, 0.29) is 0 Å². The van der Waals surface area contributed by atoms with Crippen LogP contribution in [0.5, 0.6) is 11.5 Å². The van der Waals surface area contributed by atoms with Crippen molar-refractivity contribution in [1.82, 2.24) is 14.8 Å². The summed E-state index contributed by atoms with van der Waals surface area (Å²) >= 11 is 11.3. The number of methoxy groups -OCH3 is 2. The normalized spacial score (nSPS) is 10.6. The third kappa shape index (κ3) is 3.09. The average Bonchev–Trinajstić information content (AvgIpc) is 2.96. The van der Waals surface area contributed by atoms with Crippen LogP contribution in [0.2, 0.25) is 5.02 Å². The van der Waals surface area contributed by atoms with Gasteiger partial charge in [0.1, 0.15) is 11.5 Å². The molecule has 0 fully saturated rings. The highest BCUT2D eigenvalue weighted by Gasteiger charge is 2.13. The second-order valence-electron chi connectivity index (χ2n) is 4.77. The number of hydrogen-bond acceptors (Lipinski definition) is 4. The number of halogens is 1. The Hall–Kier alpha value is -2.31. The van der Waals surface area contributed by atoms with Gasteiger partial charge < -0.3 is 9.47 Å². The summed E-state index contributed by atoms with van der Waals surface area (Å²) in [6.07, 6.45) is 0. The van der Waals surface area contributed by atoms with Gasteiger partial charge in [-0.25, -0.2) is 0 Å². The van der Waals surface area contributed by atoms with Crippen molar-refractivity contribution in [3.05, 3.63) is 52.3 Å². The van der Waals surface area contributed by atoms with Gasteiger partial charge in [-0.3, -0.25) is 9.67 Å². The van der Waals surface area contributed by atoms with Crippen LogP contribution >= 0.6 is 23.8 Å². The molecule has 0 aliphatic heterocycles. The lowest BCUT2D eigenvalue weighted by molar-refractivity contribution is 0.394. The zero-order valence-corrected chi connectivity index (χ0v) is 14.1. The molecule has 1 aromatic heterocycles. The van der Waals surface area contributed by atoms with Crippen molar-refractivity contribution in [2.45, 2.75) is 0 Å². The monoisotopic (exact) mass is 347 g/mol. The standard InChI is InChI=1S/C16H14ClN3O2S/c1-21-13-7-10(8-14(9-13)22-2)15-18-19-16(23)20(15)12-5-3-11(17)4-6-12/h3-9H,1-2H3,(H,19,23). The number of nitrogens with one attached hydrogen (secondary N) is 1. The maximum absolute atomic E-state index is 5.96. The number of hydrogen-bond donors (Lipinski definition) is 1. The van der Waals surface area contributed by atoms with Gasteiger partial charge in [0.15, 0.2) is 10.6 Å². The molecule has 0 aliphatic carbocycles. The quantitative estimate of drug-likeness (QED) is 0.716. The zero-order chi connectivity index (χ0) is 16.4. The summed E-state index contributed by atoms with van der Waals surface area (Å²) < 4.78 is 13.0. The number of nitrogens with zero attached hydrogens (tertiary/aromatic N) is 2. The van der Waals surface area contributed by atoms with E-state index >= 15 is 0 Å². The number of rotatable bonds is 4. The topological polar surface area (TPSA) is 52.1 Å². The van der Waals surface area contributed by atoms with Gasteiger partial charge in [-0.2, -0.15) is 5.10 Å². The summed E-state index contributed by atoms with van der Waals surface area (Å²) in [5, 5.41) is 7.82. The van der Waals surface area contributed by atoms with Gasteiger partial charge in [-0.15, -0.1) is 0 Å². The van der Waals surface area contributed by atoms with E-state index in [1.54, 1.807) is 20.3 Å². The van der Waals surface area contributed by atoms with Crippen molar-refractivity contribution in [1.29, 1.82) is 0 Å². The first kappa shape index (κ1) is 15.6. The number of ether oxygens (including phenoxy) is 2. The van der Waals surface area contributed by atoms with Crippen molar-refractivity contribution in [3.8, 4) is 28.6 Å². The van der Waals surface area contributed by atoms with E-state index in [4.69, 9.17) is 33.3 Å². The molecule has 0 radical (unpaired) electrons. The molecule has 3 rings (SSSR count). The van der Waals surface area contributed by atoms with Gasteiger partial charge in [0.05, 0.1) is 19.9 Å². The Kier molecular flexibility index (Phi) is 4.36. The largest absolute Gasteiger partial charge is 0.497 e. The molecule has 118 valence electrons. The van der Waals surface area contributed by atoms with Crippen LogP contribution in [-0.2, 0) is 0 Å². The molecule has 0 aliphatic rings. The van der Waals surface area contributed by atoms with E-state index < -0.39 is 0 Å². The van der Waals surface area contributed by atoms with Crippen molar-refractivity contribution in [3.63, 3.8) is 0 Å². The molecule has 0 saturated carbocycles. The smallest absolute Gasteiger partial charge is 0.200 e. The molecular weight excluding hydrogens is 334 g/mol. The first-order valence-corrected chi connectivity index (χ1v) is 7.58. The van der Waals surface area contributed by atoms with E-state index in [0.29, 0.717) is 27.1 Å². The molecule has 7 heteroatoms. The summed E-state index contributed by atoms with van der Waals surface area (Å²) in [6, 6.07) is 12.9. The fourth-order valence-corrected chi connectivity index (χ4v) is 2.62. The molecule has 0 atom stereocenters. The maximum Gasteiger partial charge on any atom is 0.200 e. The Morgan fingerprint density at radius 1 is 1.04 bits per heavy atom. The number of benzene rings is 2. The second-order valence-corrected chi connectivity index (χ2v) is 5.59. The van der Waals surface area contributed by atoms with Gasteiger partial charge in [-0.05, 0) is 48.6 Å². The van der Waals surface area contributed by atoms with Gasteiger partial charge in [0, 0.05) is 16.7 Å². The molecule has 1 heterocycles. The van der Waals surface area contributed by atoms with Crippen molar-refractivity contribution in [2.24, 2.45) is 0 Å². The Balaban J connectivity index is 2.19. The molecule has 1 N–H and O–H groups in total. The third-order valence-electron chi connectivity index (χ3n) is 3.37. The van der Waals surface area contributed by atoms with E-state index in [2.05, 4.69) is 10.2 Å². The highest BCUT2D eigenvalue weighted by molar-refractivity contribution is 7.71. The Morgan fingerprint density at radius 2 is 1.65 bits per heavy atom. The SMILES string of the molecule is COc1cc(OC)cc(-c2n[nH]c(=S)n2-c2ccc(Cl)cc2)c1. The number of aromatic nitrogens is 3. The zero-order valence-electron chi connectivity index (χ0n) is 12.5.